The van der Waals surface area contributed by atoms with E-state index in [0.29, 0.717) is 15.9 Å². The van der Waals surface area contributed by atoms with Crippen molar-refractivity contribution < 1.29 is 9.15 Å². The first-order valence-corrected chi connectivity index (χ1v) is 7.52. The van der Waals surface area contributed by atoms with Crippen LogP contribution in [0.2, 0.25) is 5.02 Å². The zero-order valence-electron chi connectivity index (χ0n) is 12.2. The second-order valence-corrected chi connectivity index (χ2v) is 5.53. The fourth-order valence-electron chi connectivity index (χ4n) is 1.97. The Morgan fingerprint density at radius 1 is 1.13 bits per heavy atom. The average Bonchev–Trinajstić information content (AvgIpc) is 3.06. The van der Waals surface area contributed by atoms with E-state index in [1.807, 2.05) is 24.3 Å². The molecule has 3 aromatic rings. The highest BCUT2D eigenvalue weighted by Crippen LogP contribution is 2.26. The van der Waals surface area contributed by atoms with Gasteiger partial charge in [-0.25, -0.2) is 0 Å². The van der Waals surface area contributed by atoms with Gasteiger partial charge in [-0.05, 0) is 48.0 Å². The molecule has 0 aliphatic rings. The summed E-state index contributed by atoms with van der Waals surface area (Å²) in [5.41, 5.74) is 1.65. The van der Waals surface area contributed by atoms with Gasteiger partial charge in [0.1, 0.15) is 10.8 Å². The number of hydrogen-bond donors (Lipinski definition) is 0. The second-order valence-electron chi connectivity index (χ2n) is 4.69. The minimum atomic E-state index is 0.249. The van der Waals surface area contributed by atoms with Crippen molar-refractivity contribution in [3.63, 3.8) is 0 Å². The molecule has 2 aromatic carbocycles. The predicted octanol–water partition coefficient (Wildman–Crippen LogP) is 5.14. The van der Waals surface area contributed by atoms with Crippen LogP contribution >= 0.6 is 23.2 Å². The van der Waals surface area contributed by atoms with Gasteiger partial charge < -0.3 is 9.15 Å². The molecular weight excluding hydrogens is 335 g/mol. The monoisotopic (exact) mass is 346 g/mol. The molecule has 23 heavy (non-hydrogen) atoms. The van der Waals surface area contributed by atoms with E-state index in [2.05, 4.69) is 10.2 Å². The Bertz CT molecular complexity index is 842. The lowest BCUT2D eigenvalue weighted by Gasteiger charge is -2.00. The molecule has 6 heteroatoms. The van der Waals surface area contributed by atoms with Crippen LogP contribution in [0, 0.1) is 0 Å². The first-order valence-electron chi connectivity index (χ1n) is 6.77. The number of methoxy groups -OCH3 is 1. The third-order valence-corrected chi connectivity index (χ3v) is 3.63. The lowest BCUT2D eigenvalue weighted by molar-refractivity contribution is 0.414. The number of nitrogens with zero attached hydrogens (tertiary/aromatic N) is 2. The summed E-state index contributed by atoms with van der Waals surface area (Å²) in [5, 5.41) is 8.97. The van der Waals surface area contributed by atoms with Crippen LogP contribution in [0.5, 0.6) is 5.75 Å². The van der Waals surface area contributed by atoms with Crippen LogP contribution in [0.4, 0.5) is 0 Å². The Morgan fingerprint density at radius 2 is 1.91 bits per heavy atom. The van der Waals surface area contributed by atoms with E-state index in [4.69, 9.17) is 32.4 Å². The van der Waals surface area contributed by atoms with Crippen molar-refractivity contribution in [2.24, 2.45) is 0 Å². The highest BCUT2D eigenvalue weighted by Gasteiger charge is 2.11. The van der Waals surface area contributed by atoms with Crippen molar-refractivity contribution in [3.05, 3.63) is 65.0 Å². The van der Waals surface area contributed by atoms with Crippen LogP contribution in [0.3, 0.4) is 0 Å². The van der Waals surface area contributed by atoms with Gasteiger partial charge in [0, 0.05) is 10.6 Å². The number of ether oxygens (including phenoxy) is 1. The van der Waals surface area contributed by atoms with Crippen molar-refractivity contribution in [2.45, 2.75) is 0 Å². The molecule has 4 nitrogen and oxygen atoms in total. The molecule has 3 rings (SSSR count). The fourth-order valence-corrected chi connectivity index (χ4v) is 2.30. The summed E-state index contributed by atoms with van der Waals surface area (Å²) in [7, 11) is 1.61. The van der Waals surface area contributed by atoms with Crippen LogP contribution in [-0.4, -0.2) is 17.3 Å². The fraction of sp³-hybridized carbons (Fsp3) is 0.0588. The molecule has 0 amide bonds. The van der Waals surface area contributed by atoms with Crippen molar-refractivity contribution in [3.8, 4) is 17.2 Å². The third kappa shape index (κ3) is 3.73. The van der Waals surface area contributed by atoms with Crippen molar-refractivity contribution in [2.75, 3.05) is 7.11 Å². The Kier molecular flexibility index (Phi) is 4.65. The minimum Gasteiger partial charge on any atom is -0.497 e. The van der Waals surface area contributed by atoms with E-state index in [9.17, 15) is 0 Å². The molecule has 0 saturated carbocycles. The first-order chi connectivity index (χ1) is 11.2. The molecule has 0 aliphatic heterocycles. The first kappa shape index (κ1) is 15.6. The summed E-state index contributed by atoms with van der Waals surface area (Å²) in [5.74, 6) is 1.38. The lowest BCUT2D eigenvalue weighted by Crippen LogP contribution is -1.83. The van der Waals surface area contributed by atoms with E-state index < -0.39 is 0 Å². The predicted molar refractivity (Wildman–Crippen MR) is 91.5 cm³/mol. The van der Waals surface area contributed by atoms with Gasteiger partial charge in [0.05, 0.1) is 7.11 Å². The normalized spacial score (nSPS) is 11.5. The Balaban J connectivity index is 1.86. The number of benzene rings is 2. The standard InChI is InChI=1S/C17H12Cl2N2O2/c1-22-14-4-2-3-11(9-14)10-15(19)17-21-20-16(23-17)12-5-7-13(18)8-6-12/h2-10H,1H3/b15-10-. The topological polar surface area (TPSA) is 48.2 Å². The third-order valence-electron chi connectivity index (χ3n) is 3.11. The maximum Gasteiger partial charge on any atom is 0.259 e. The van der Waals surface area contributed by atoms with Crippen LogP contribution in [-0.2, 0) is 0 Å². The highest BCUT2D eigenvalue weighted by molar-refractivity contribution is 6.50. The molecule has 0 radical (unpaired) electrons. The summed E-state index contributed by atoms with van der Waals surface area (Å²) >= 11 is 12.1. The molecular formula is C17H12Cl2N2O2. The summed E-state index contributed by atoms with van der Waals surface area (Å²) < 4.78 is 10.8. The molecule has 0 spiro atoms. The summed E-state index contributed by atoms with van der Waals surface area (Å²) in [6, 6.07) is 14.6. The molecule has 0 fully saturated rings. The molecule has 1 aromatic heterocycles. The number of rotatable bonds is 4. The van der Waals surface area contributed by atoms with E-state index in [0.717, 1.165) is 16.9 Å². The lowest BCUT2D eigenvalue weighted by atomic mass is 10.2. The molecule has 0 aliphatic carbocycles. The molecule has 116 valence electrons. The van der Waals surface area contributed by atoms with Gasteiger partial charge in [0.2, 0.25) is 5.89 Å². The second kappa shape index (κ2) is 6.86. The van der Waals surface area contributed by atoms with Crippen LogP contribution in [0.25, 0.3) is 22.6 Å². The van der Waals surface area contributed by atoms with Crippen LogP contribution < -0.4 is 4.74 Å². The van der Waals surface area contributed by atoms with E-state index in [1.54, 1.807) is 37.5 Å². The van der Waals surface area contributed by atoms with Crippen molar-refractivity contribution >= 4 is 34.3 Å². The van der Waals surface area contributed by atoms with E-state index in [1.165, 1.54) is 0 Å². The molecule has 0 atom stereocenters. The number of hydrogen-bond acceptors (Lipinski definition) is 4. The highest BCUT2D eigenvalue weighted by atomic mass is 35.5. The Hall–Kier alpha value is -2.30. The zero-order valence-corrected chi connectivity index (χ0v) is 13.7. The zero-order chi connectivity index (χ0) is 16.2. The van der Waals surface area contributed by atoms with Gasteiger partial charge in [-0.1, -0.05) is 35.3 Å². The van der Waals surface area contributed by atoms with E-state index in [-0.39, 0.29) is 5.89 Å². The smallest absolute Gasteiger partial charge is 0.259 e. The maximum absolute atomic E-state index is 6.27. The SMILES string of the molecule is COc1cccc(/C=C(\Cl)c2nnc(-c3ccc(Cl)cc3)o2)c1. The van der Waals surface area contributed by atoms with Gasteiger partial charge in [0.15, 0.2) is 0 Å². The molecule has 1 heterocycles. The molecule has 0 saturated heterocycles. The van der Waals surface area contributed by atoms with Crippen LogP contribution in [0.15, 0.2) is 52.9 Å². The van der Waals surface area contributed by atoms with Crippen LogP contribution in [0.1, 0.15) is 11.5 Å². The minimum absolute atomic E-state index is 0.249. The molecule has 0 N–H and O–H groups in total. The van der Waals surface area contributed by atoms with Gasteiger partial charge in [-0.3, -0.25) is 0 Å². The van der Waals surface area contributed by atoms with E-state index >= 15 is 0 Å². The summed E-state index contributed by atoms with van der Waals surface area (Å²) in [6.45, 7) is 0. The van der Waals surface area contributed by atoms with Crippen molar-refractivity contribution in [1.82, 2.24) is 10.2 Å². The Morgan fingerprint density at radius 3 is 2.65 bits per heavy atom. The van der Waals surface area contributed by atoms with Gasteiger partial charge in [0.25, 0.3) is 5.89 Å². The molecule has 0 unspecified atom stereocenters. The molecule has 0 bridgehead atoms. The quantitative estimate of drug-likeness (QED) is 0.656. The largest absolute Gasteiger partial charge is 0.497 e. The average molecular weight is 347 g/mol. The van der Waals surface area contributed by atoms with Gasteiger partial charge in [-0.2, -0.15) is 0 Å². The summed E-state index contributed by atoms with van der Waals surface area (Å²) in [6.07, 6.45) is 1.74. The Labute approximate surface area is 143 Å². The number of aromatic nitrogens is 2. The maximum atomic E-state index is 6.27. The summed E-state index contributed by atoms with van der Waals surface area (Å²) in [4.78, 5) is 0. The van der Waals surface area contributed by atoms with Crippen molar-refractivity contribution in [1.29, 1.82) is 0 Å². The van der Waals surface area contributed by atoms with Gasteiger partial charge in [-0.15, -0.1) is 10.2 Å². The van der Waals surface area contributed by atoms with Gasteiger partial charge >= 0.3 is 0 Å². The number of halogens is 2.